The number of halogens is 1. The molecule has 0 aliphatic carbocycles. The topological polar surface area (TPSA) is 84.5 Å². The molecule has 7 heteroatoms. The van der Waals surface area contributed by atoms with Gasteiger partial charge < -0.3 is 15.4 Å². The number of hydrogen-bond acceptors (Lipinski definition) is 4. The van der Waals surface area contributed by atoms with Crippen molar-refractivity contribution in [1.29, 1.82) is 0 Å². The number of carbonyl (C=O) groups is 3. The third kappa shape index (κ3) is 5.82. The molecule has 2 rings (SSSR count). The molecule has 0 fully saturated rings. The van der Waals surface area contributed by atoms with Crippen molar-refractivity contribution in [1.82, 2.24) is 0 Å². The summed E-state index contributed by atoms with van der Waals surface area (Å²) in [6.07, 6.45) is 0.0876. The number of hydrogen-bond donors (Lipinski definition) is 2. The van der Waals surface area contributed by atoms with Crippen LogP contribution in [0.4, 0.5) is 11.4 Å². The van der Waals surface area contributed by atoms with Gasteiger partial charge in [0.25, 0.3) is 0 Å². The largest absolute Gasteiger partial charge is 0.496 e. The zero-order valence-electron chi connectivity index (χ0n) is 15.4. The highest BCUT2D eigenvalue weighted by atomic mass is 35.5. The Morgan fingerprint density at radius 1 is 1.04 bits per heavy atom. The molecule has 2 aromatic carbocycles. The van der Waals surface area contributed by atoms with E-state index in [1.807, 2.05) is 13.0 Å². The summed E-state index contributed by atoms with van der Waals surface area (Å²) in [6, 6.07) is 10.1. The first kappa shape index (κ1) is 20.5. The van der Waals surface area contributed by atoms with Gasteiger partial charge in [-0.25, -0.2) is 0 Å². The third-order valence-electron chi connectivity index (χ3n) is 3.80. The van der Waals surface area contributed by atoms with E-state index in [-0.39, 0.29) is 30.4 Å². The second-order valence-corrected chi connectivity index (χ2v) is 6.46. The molecule has 0 aliphatic heterocycles. The van der Waals surface area contributed by atoms with Gasteiger partial charge in [-0.05, 0) is 37.3 Å². The van der Waals surface area contributed by atoms with E-state index >= 15 is 0 Å². The number of amides is 2. The number of rotatable bonds is 7. The highest BCUT2D eigenvalue weighted by Gasteiger charge is 2.15. The molecule has 0 aliphatic rings. The molecule has 0 aromatic heterocycles. The van der Waals surface area contributed by atoms with E-state index < -0.39 is 0 Å². The number of ketones is 1. The quantitative estimate of drug-likeness (QED) is 0.695. The molecule has 27 heavy (non-hydrogen) atoms. The number of nitrogens with one attached hydrogen (secondary N) is 2. The lowest BCUT2D eigenvalue weighted by molar-refractivity contribution is -0.116. The van der Waals surface area contributed by atoms with Crippen LogP contribution in [0.1, 0.15) is 35.7 Å². The van der Waals surface area contributed by atoms with Crippen LogP contribution in [0.3, 0.4) is 0 Å². The Labute approximate surface area is 162 Å². The van der Waals surface area contributed by atoms with Gasteiger partial charge in [-0.2, -0.15) is 0 Å². The summed E-state index contributed by atoms with van der Waals surface area (Å²) >= 11 is 6.08. The maximum Gasteiger partial charge on any atom is 0.224 e. The second kappa shape index (κ2) is 9.19. The number of benzene rings is 2. The fourth-order valence-electron chi connectivity index (χ4n) is 2.51. The second-order valence-electron chi connectivity index (χ2n) is 6.05. The SMILES string of the molecule is COc1ccc(C)cc1C(=O)CCC(=O)Nc1ccc(NC(C)=O)c(Cl)c1. The van der Waals surface area contributed by atoms with Crippen molar-refractivity contribution in [3.63, 3.8) is 0 Å². The molecule has 0 unspecified atom stereocenters. The van der Waals surface area contributed by atoms with E-state index in [1.54, 1.807) is 24.3 Å². The van der Waals surface area contributed by atoms with Crippen LogP contribution >= 0.6 is 11.6 Å². The fourth-order valence-corrected chi connectivity index (χ4v) is 2.74. The lowest BCUT2D eigenvalue weighted by atomic mass is 10.0. The van der Waals surface area contributed by atoms with Crippen molar-refractivity contribution in [3.8, 4) is 5.75 Å². The van der Waals surface area contributed by atoms with E-state index in [2.05, 4.69) is 10.6 Å². The van der Waals surface area contributed by atoms with Gasteiger partial charge in [0.1, 0.15) is 5.75 Å². The number of aryl methyl sites for hydroxylation is 1. The van der Waals surface area contributed by atoms with Crippen molar-refractivity contribution in [2.75, 3.05) is 17.7 Å². The van der Waals surface area contributed by atoms with Gasteiger partial charge in [0.15, 0.2) is 5.78 Å². The summed E-state index contributed by atoms with van der Waals surface area (Å²) in [6.45, 7) is 3.27. The Bertz CT molecular complexity index is 880. The number of carbonyl (C=O) groups excluding carboxylic acids is 3. The van der Waals surface area contributed by atoms with Crippen LogP contribution in [-0.2, 0) is 9.59 Å². The first-order valence-corrected chi connectivity index (χ1v) is 8.72. The van der Waals surface area contributed by atoms with Crippen LogP contribution in [0.25, 0.3) is 0 Å². The summed E-state index contributed by atoms with van der Waals surface area (Å²) in [4.78, 5) is 35.6. The molecule has 0 saturated carbocycles. The minimum Gasteiger partial charge on any atom is -0.496 e. The first-order chi connectivity index (χ1) is 12.8. The molecule has 0 bridgehead atoms. The Morgan fingerprint density at radius 3 is 2.41 bits per heavy atom. The zero-order chi connectivity index (χ0) is 20.0. The van der Waals surface area contributed by atoms with Crippen molar-refractivity contribution in [3.05, 3.63) is 52.5 Å². The molecule has 2 amide bonds. The summed E-state index contributed by atoms with van der Waals surface area (Å²) in [7, 11) is 1.50. The average molecular weight is 389 g/mol. The molecule has 0 spiro atoms. The average Bonchev–Trinajstić information content (AvgIpc) is 2.61. The Kier molecular flexibility index (Phi) is 6.96. The maximum absolute atomic E-state index is 12.4. The van der Waals surface area contributed by atoms with Crippen LogP contribution < -0.4 is 15.4 Å². The van der Waals surface area contributed by atoms with Crippen molar-refractivity contribution in [2.24, 2.45) is 0 Å². The molecular weight excluding hydrogens is 368 g/mol. The molecule has 0 heterocycles. The van der Waals surface area contributed by atoms with Crippen LogP contribution in [0, 0.1) is 6.92 Å². The smallest absolute Gasteiger partial charge is 0.224 e. The lowest BCUT2D eigenvalue weighted by Crippen LogP contribution is -2.14. The molecule has 2 aromatic rings. The zero-order valence-corrected chi connectivity index (χ0v) is 16.1. The van der Waals surface area contributed by atoms with Crippen LogP contribution in [-0.4, -0.2) is 24.7 Å². The predicted molar refractivity (Wildman–Crippen MR) is 106 cm³/mol. The van der Waals surface area contributed by atoms with Gasteiger partial charge >= 0.3 is 0 Å². The predicted octanol–water partition coefficient (Wildman–Crippen LogP) is 4.22. The minimum atomic E-state index is -0.307. The standard InChI is InChI=1S/C20H21ClN2O4/c1-12-4-8-19(27-3)15(10-12)18(25)7-9-20(26)23-14-5-6-17(16(21)11-14)22-13(2)24/h4-6,8,10-11H,7,9H2,1-3H3,(H,22,24)(H,23,26). The highest BCUT2D eigenvalue weighted by molar-refractivity contribution is 6.34. The molecule has 0 radical (unpaired) electrons. The number of Topliss-reactive ketones (excluding diaryl/α,β-unsaturated/α-hetero) is 1. The Balaban J connectivity index is 1.96. The van der Waals surface area contributed by atoms with Crippen LogP contribution in [0.5, 0.6) is 5.75 Å². The van der Waals surface area contributed by atoms with E-state index in [4.69, 9.17) is 16.3 Å². The van der Waals surface area contributed by atoms with Gasteiger partial charge in [0, 0.05) is 25.5 Å². The van der Waals surface area contributed by atoms with Gasteiger partial charge in [0.05, 0.1) is 23.4 Å². The van der Waals surface area contributed by atoms with Crippen molar-refractivity contribution >= 4 is 40.6 Å². The number of ether oxygens (including phenoxy) is 1. The summed E-state index contributed by atoms with van der Waals surface area (Å²) in [5.41, 5.74) is 2.36. The third-order valence-corrected chi connectivity index (χ3v) is 4.11. The summed E-state index contributed by atoms with van der Waals surface area (Å²) in [5.74, 6) is -0.215. The van der Waals surface area contributed by atoms with E-state index in [9.17, 15) is 14.4 Å². The molecule has 2 N–H and O–H groups in total. The van der Waals surface area contributed by atoms with Crippen molar-refractivity contribution < 1.29 is 19.1 Å². The van der Waals surface area contributed by atoms with E-state index in [0.717, 1.165) is 5.56 Å². The minimum absolute atomic E-state index is 0.0288. The van der Waals surface area contributed by atoms with Crippen LogP contribution in [0.2, 0.25) is 5.02 Å². The molecule has 6 nitrogen and oxygen atoms in total. The maximum atomic E-state index is 12.4. The normalized spacial score (nSPS) is 10.2. The van der Waals surface area contributed by atoms with Gasteiger partial charge in [-0.3, -0.25) is 14.4 Å². The van der Waals surface area contributed by atoms with Crippen molar-refractivity contribution in [2.45, 2.75) is 26.7 Å². The summed E-state index contributed by atoms with van der Waals surface area (Å²) in [5, 5.41) is 5.59. The fraction of sp³-hybridized carbons (Fsp3) is 0.250. The Morgan fingerprint density at radius 2 is 1.78 bits per heavy atom. The lowest BCUT2D eigenvalue weighted by Gasteiger charge is -2.10. The van der Waals surface area contributed by atoms with Gasteiger partial charge in [-0.1, -0.05) is 23.2 Å². The molecule has 0 atom stereocenters. The highest BCUT2D eigenvalue weighted by Crippen LogP contribution is 2.26. The first-order valence-electron chi connectivity index (χ1n) is 8.35. The van der Waals surface area contributed by atoms with E-state index in [0.29, 0.717) is 27.7 Å². The van der Waals surface area contributed by atoms with Crippen LogP contribution in [0.15, 0.2) is 36.4 Å². The molecule has 0 saturated heterocycles. The van der Waals surface area contributed by atoms with Gasteiger partial charge in [0.2, 0.25) is 11.8 Å². The Hall–Kier alpha value is -2.86. The summed E-state index contributed by atoms with van der Waals surface area (Å²) < 4.78 is 5.21. The molecule has 142 valence electrons. The molecular formula is C20H21ClN2O4. The van der Waals surface area contributed by atoms with E-state index in [1.165, 1.54) is 20.1 Å². The number of anilines is 2. The monoisotopic (exact) mass is 388 g/mol. The number of methoxy groups -OCH3 is 1. The van der Waals surface area contributed by atoms with Gasteiger partial charge in [-0.15, -0.1) is 0 Å².